The number of amidine groups is 2. The van der Waals surface area contributed by atoms with E-state index in [1.807, 2.05) is 6.92 Å². The highest BCUT2D eigenvalue weighted by atomic mass is 32.2. The van der Waals surface area contributed by atoms with E-state index in [0.29, 0.717) is 34.2 Å². The van der Waals surface area contributed by atoms with Crippen LogP contribution in [0, 0.1) is 11.2 Å². The molecule has 7 nitrogen and oxygen atoms in total. The number of hydrogen-bond donors (Lipinski definition) is 1. The highest BCUT2D eigenvalue weighted by Gasteiger charge is 2.35. The van der Waals surface area contributed by atoms with Crippen LogP contribution in [0.2, 0.25) is 0 Å². The van der Waals surface area contributed by atoms with Gasteiger partial charge < -0.3 is 9.47 Å². The monoisotopic (exact) mass is 438 g/mol. The smallest absolute Gasteiger partial charge is 0.283 e. The van der Waals surface area contributed by atoms with Gasteiger partial charge in [-0.05, 0) is 48.0 Å². The normalized spacial score (nSPS) is 16.9. The van der Waals surface area contributed by atoms with Gasteiger partial charge in [0.1, 0.15) is 17.5 Å². The molecule has 0 unspecified atom stereocenters. The van der Waals surface area contributed by atoms with Gasteiger partial charge in [-0.15, -0.1) is 0 Å². The minimum absolute atomic E-state index is 0.0233. The SMILES string of the molecule is CCC1=NN2C(=N)/C(=C/c3ccc(OCc4ccccc4F)c(OC)c3)C(=O)N=C2S1. The summed E-state index contributed by atoms with van der Waals surface area (Å²) in [5.74, 6) is 0.00468. The average molecular weight is 438 g/mol. The number of benzene rings is 2. The van der Waals surface area contributed by atoms with Gasteiger partial charge in [-0.3, -0.25) is 10.2 Å². The van der Waals surface area contributed by atoms with Crippen LogP contribution in [-0.2, 0) is 11.4 Å². The number of fused-ring (bicyclic) bond motifs is 1. The fourth-order valence-electron chi connectivity index (χ4n) is 3.01. The summed E-state index contributed by atoms with van der Waals surface area (Å²) in [6.07, 6.45) is 2.27. The van der Waals surface area contributed by atoms with E-state index >= 15 is 0 Å². The van der Waals surface area contributed by atoms with Crippen molar-refractivity contribution in [3.05, 3.63) is 65.0 Å². The van der Waals surface area contributed by atoms with Crippen LogP contribution in [0.1, 0.15) is 24.5 Å². The highest BCUT2D eigenvalue weighted by Crippen LogP contribution is 2.32. The van der Waals surface area contributed by atoms with Crippen molar-refractivity contribution >= 4 is 39.8 Å². The van der Waals surface area contributed by atoms with Gasteiger partial charge in [-0.25, -0.2) is 4.39 Å². The Balaban J connectivity index is 1.57. The summed E-state index contributed by atoms with van der Waals surface area (Å²) in [6.45, 7) is 2.00. The molecule has 2 aliphatic heterocycles. The second-order valence-electron chi connectivity index (χ2n) is 6.66. The van der Waals surface area contributed by atoms with Gasteiger partial charge in [0.05, 0.1) is 12.7 Å². The van der Waals surface area contributed by atoms with Crippen LogP contribution in [0.25, 0.3) is 6.08 Å². The van der Waals surface area contributed by atoms with Gasteiger partial charge in [-0.2, -0.15) is 15.1 Å². The highest BCUT2D eigenvalue weighted by molar-refractivity contribution is 8.26. The molecule has 2 aromatic rings. The standard InChI is InChI=1S/C22H19FN4O3S/c1-3-19-26-27-20(24)15(21(28)25-22(27)31-19)10-13-8-9-17(18(11-13)29-2)30-12-14-6-4-5-7-16(14)23/h4-11,24H,3,12H2,1-2H3/b15-10-,24-20?. The van der Waals surface area contributed by atoms with Crippen LogP contribution in [0.15, 0.2) is 58.1 Å². The van der Waals surface area contributed by atoms with Crippen LogP contribution < -0.4 is 9.47 Å². The number of hydrazone groups is 1. The third-order valence-corrected chi connectivity index (χ3v) is 5.69. The quantitative estimate of drug-likeness (QED) is 0.674. The zero-order valence-electron chi connectivity index (χ0n) is 16.9. The summed E-state index contributed by atoms with van der Waals surface area (Å²) in [6, 6.07) is 11.5. The molecule has 2 heterocycles. The Morgan fingerprint density at radius 1 is 1.23 bits per heavy atom. The maximum atomic E-state index is 13.8. The van der Waals surface area contributed by atoms with E-state index in [-0.39, 0.29) is 23.8 Å². The van der Waals surface area contributed by atoms with Crippen LogP contribution in [0.4, 0.5) is 4.39 Å². The van der Waals surface area contributed by atoms with Gasteiger partial charge in [0.2, 0.25) is 5.17 Å². The minimum atomic E-state index is -0.491. The molecule has 0 spiro atoms. The Labute approximate surface area is 182 Å². The van der Waals surface area contributed by atoms with Crippen molar-refractivity contribution < 1.29 is 18.7 Å². The molecule has 0 saturated heterocycles. The number of hydrogen-bond acceptors (Lipinski definition) is 6. The van der Waals surface area contributed by atoms with E-state index in [1.165, 1.54) is 29.9 Å². The van der Waals surface area contributed by atoms with Crippen molar-refractivity contribution in [3.63, 3.8) is 0 Å². The molecule has 0 fully saturated rings. The number of thioether (sulfide) groups is 1. The second-order valence-corrected chi connectivity index (χ2v) is 7.70. The van der Waals surface area contributed by atoms with Crippen LogP contribution in [0.3, 0.4) is 0 Å². The summed E-state index contributed by atoms with van der Waals surface area (Å²) in [5.41, 5.74) is 1.20. The summed E-state index contributed by atoms with van der Waals surface area (Å²) < 4.78 is 24.9. The molecule has 9 heteroatoms. The molecule has 1 amide bonds. The Morgan fingerprint density at radius 2 is 2.03 bits per heavy atom. The fourth-order valence-corrected chi connectivity index (χ4v) is 3.83. The lowest BCUT2D eigenvalue weighted by molar-refractivity contribution is -0.114. The largest absolute Gasteiger partial charge is 0.493 e. The van der Waals surface area contributed by atoms with Crippen LogP contribution in [-0.4, -0.2) is 34.1 Å². The van der Waals surface area contributed by atoms with E-state index in [9.17, 15) is 9.18 Å². The molecular formula is C22H19FN4O3S. The first kappa shape index (κ1) is 20.8. The Morgan fingerprint density at radius 3 is 2.77 bits per heavy atom. The fraction of sp³-hybridized carbons (Fsp3) is 0.182. The topological polar surface area (TPSA) is 87.3 Å². The lowest BCUT2D eigenvalue weighted by Gasteiger charge is -2.20. The molecule has 2 aliphatic rings. The molecule has 158 valence electrons. The number of nitrogens with one attached hydrogen (secondary N) is 1. The van der Waals surface area contributed by atoms with E-state index in [4.69, 9.17) is 14.9 Å². The Kier molecular flexibility index (Phi) is 5.85. The lowest BCUT2D eigenvalue weighted by Crippen LogP contribution is -2.35. The Hall–Kier alpha value is -3.46. The van der Waals surface area contributed by atoms with Gasteiger partial charge in [0.25, 0.3) is 5.91 Å². The predicted octanol–water partition coefficient (Wildman–Crippen LogP) is 4.44. The summed E-state index contributed by atoms with van der Waals surface area (Å²) in [4.78, 5) is 16.5. The lowest BCUT2D eigenvalue weighted by atomic mass is 10.1. The predicted molar refractivity (Wildman–Crippen MR) is 119 cm³/mol. The number of rotatable bonds is 6. The van der Waals surface area contributed by atoms with Gasteiger partial charge >= 0.3 is 0 Å². The minimum Gasteiger partial charge on any atom is -0.493 e. The number of nitrogens with zero attached hydrogens (tertiary/aromatic N) is 3. The summed E-state index contributed by atoms with van der Waals surface area (Å²) in [7, 11) is 1.50. The first-order valence-corrected chi connectivity index (χ1v) is 10.3. The van der Waals surface area contributed by atoms with Crippen molar-refractivity contribution in [3.8, 4) is 11.5 Å². The summed E-state index contributed by atoms with van der Waals surface area (Å²) in [5, 5.41) is 15.3. The molecule has 2 aromatic carbocycles. The number of aliphatic imine (C=N–C) groups is 1. The number of carbonyl (C=O) groups excluding carboxylic acids is 1. The first-order chi connectivity index (χ1) is 15.0. The van der Waals surface area contributed by atoms with E-state index in [0.717, 1.165) is 5.04 Å². The third kappa shape index (κ3) is 4.22. The number of carbonyl (C=O) groups is 1. The maximum absolute atomic E-state index is 13.8. The molecule has 0 bridgehead atoms. The van der Waals surface area contributed by atoms with Crippen molar-refractivity contribution in [2.24, 2.45) is 10.1 Å². The molecular weight excluding hydrogens is 419 g/mol. The van der Waals surface area contributed by atoms with Gasteiger partial charge in [0, 0.05) is 5.56 Å². The van der Waals surface area contributed by atoms with Gasteiger partial charge in [-0.1, -0.05) is 31.2 Å². The zero-order chi connectivity index (χ0) is 22.0. The number of amides is 1. The third-order valence-electron chi connectivity index (χ3n) is 4.64. The molecule has 4 rings (SSSR count). The van der Waals surface area contributed by atoms with E-state index < -0.39 is 5.91 Å². The molecule has 0 radical (unpaired) electrons. The van der Waals surface area contributed by atoms with Gasteiger partial charge in [0.15, 0.2) is 17.3 Å². The first-order valence-electron chi connectivity index (χ1n) is 9.53. The molecule has 0 aliphatic carbocycles. The van der Waals surface area contributed by atoms with E-state index in [1.54, 1.807) is 42.5 Å². The molecule has 0 aromatic heterocycles. The van der Waals surface area contributed by atoms with E-state index in [2.05, 4.69) is 10.1 Å². The number of ether oxygens (including phenoxy) is 2. The molecule has 0 saturated carbocycles. The number of halogens is 1. The zero-order valence-corrected chi connectivity index (χ0v) is 17.7. The number of methoxy groups -OCH3 is 1. The van der Waals surface area contributed by atoms with Crippen molar-refractivity contribution in [2.75, 3.05) is 7.11 Å². The van der Waals surface area contributed by atoms with Crippen molar-refractivity contribution in [2.45, 2.75) is 20.0 Å². The molecule has 31 heavy (non-hydrogen) atoms. The Bertz CT molecular complexity index is 1160. The molecule has 0 atom stereocenters. The van der Waals surface area contributed by atoms with Crippen LogP contribution in [0.5, 0.6) is 11.5 Å². The van der Waals surface area contributed by atoms with Crippen molar-refractivity contribution in [1.82, 2.24) is 5.01 Å². The maximum Gasteiger partial charge on any atom is 0.283 e. The van der Waals surface area contributed by atoms with Crippen molar-refractivity contribution in [1.29, 1.82) is 5.41 Å². The van der Waals surface area contributed by atoms with Crippen LogP contribution >= 0.6 is 11.8 Å². The average Bonchev–Trinajstić information content (AvgIpc) is 3.19. The molecule has 1 N–H and O–H groups in total. The summed E-state index contributed by atoms with van der Waals surface area (Å²) >= 11 is 1.30. The second kappa shape index (κ2) is 8.73.